The van der Waals surface area contributed by atoms with Gasteiger partial charge in [0.25, 0.3) is 5.91 Å². The van der Waals surface area contributed by atoms with Crippen molar-refractivity contribution in [3.63, 3.8) is 0 Å². The Hall–Kier alpha value is -3.30. The van der Waals surface area contributed by atoms with E-state index in [1.54, 1.807) is 24.3 Å². The molecule has 1 fully saturated rings. The molecule has 0 atom stereocenters. The molecule has 1 amide bonds. The third-order valence-corrected chi connectivity index (χ3v) is 6.57. The van der Waals surface area contributed by atoms with Gasteiger partial charge in [-0.2, -0.15) is 13.2 Å². The number of hydrogen-bond acceptors (Lipinski definition) is 5. The van der Waals surface area contributed by atoms with Crippen LogP contribution in [0, 0.1) is 6.92 Å². The van der Waals surface area contributed by atoms with Crippen LogP contribution < -0.4 is 14.4 Å². The molecule has 1 aliphatic heterocycles. The lowest BCUT2D eigenvalue weighted by Gasteiger charge is -2.16. The first kappa shape index (κ1) is 25.8. The van der Waals surface area contributed by atoms with Crippen molar-refractivity contribution < 1.29 is 27.4 Å². The number of rotatable bonds is 7. The summed E-state index contributed by atoms with van der Waals surface area (Å²) in [5.74, 6) is 0.598. The van der Waals surface area contributed by atoms with Crippen LogP contribution >= 0.6 is 24.0 Å². The zero-order valence-corrected chi connectivity index (χ0v) is 21.1. The first-order valence-corrected chi connectivity index (χ1v) is 12.3. The molecule has 36 heavy (non-hydrogen) atoms. The minimum Gasteiger partial charge on any atom is -0.490 e. The number of halogens is 3. The van der Waals surface area contributed by atoms with Crippen LogP contribution in [0.1, 0.15) is 29.2 Å². The standard InChI is InChI=1S/C27H22F3NO3S2/c1-3-33-23-13-18(10-11-22(23)34-16-19-7-4-6-17(2)12-19)14-24-25(32)31(26(35)36-24)21-9-5-8-20(15-21)27(28,29)30/h4-15H,3,16H2,1-2H3/b24-14+. The highest BCUT2D eigenvalue weighted by Crippen LogP contribution is 2.39. The molecule has 0 aliphatic carbocycles. The number of carbonyl (C=O) groups excluding carboxylic acids is 1. The second kappa shape index (κ2) is 10.8. The normalized spacial score (nSPS) is 15.0. The van der Waals surface area contributed by atoms with Gasteiger partial charge in [-0.3, -0.25) is 9.69 Å². The third kappa shape index (κ3) is 5.91. The van der Waals surface area contributed by atoms with Crippen LogP contribution in [0.25, 0.3) is 6.08 Å². The number of thiocarbonyl (C=S) groups is 1. The fourth-order valence-electron chi connectivity index (χ4n) is 3.63. The molecular formula is C27H22F3NO3S2. The fourth-order valence-corrected chi connectivity index (χ4v) is 4.93. The molecule has 0 unspecified atom stereocenters. The van der Waals surface area contributed by atoms with Crippen LogP contribution in [0.2, 0.25) is 0 Å². The molecule has 1 aliphatic rings. The van der Waals surface area contributed by atoms with E-state index in [9.17, 15) is 18.0 Å². The highest BCUT2D eigenvalue weighted by molar-refractivity contribution is 8.27. The number of aryl methyl sites for hydroxylation is 1. The minimum atomic E-state index is -4.52. The SMILES string of the molecule is CCOc1cc(/C=C2/SC(=S)N(c3cccc(C(F)(F)F)c3)C2=O)ccc1OCc1cccc(C)c1. The highest BCUT2D eigenvalue weighted by Gasteiger charge is 2.36. The summed E-state index contributed by atoms with van der Waals surface area (Å²) in [6, 6.07) is 17.9. The van der Waals surface area contributed by atoms with Crippen LogP contribution in [0.4, 0.5) is 18.9 Å². The Kier molecular flexibility index (Phi) is 7.70. The van der Waals surface area contributed by atoms with Gasteiger partial charge in [0.15, 0.2) is 15.8 Å². The topological polar surface area (TPSA) is 38.8 Å². The van der Waals surface area contributed by atoms with Crippen molar-refractivity contribution in [2.45, 2.75) is 26.6 Å². The van der Waals surface area contributed by atoms with Crippen molar-refractivity contribution >= 4 is 46.0 Å². The monoisotopic (exact) mass is 529 g/mol. The van der Waals surface area contributed by atoms with Crippen LogP contribution in [-0.4, -0.2) is 16.8 Å². The summed E-state index contributed by atoms with van der Waals surface area (Å²) in [6.07, 6.45) is -2.88. The van der Waals surface area contributed by atoms with Crippen LogP contribution in [0.3, 0.4) is 0 Å². The summed E-state index contributed by atoms with van der Waals surface area (Å²) in [7, 11) is 0. The molecule has 4 nitrogen and oxygen atoms in total. The maximum atomic E-state index is 13.1. The molecule has 0 aromatic heterocycles. The van der Waals surface area contributed by atoms with E-state index in [-0.39, 0.29) is 10.0 Å². The molecule has 1 heterocycles. The summed E-state index contributed by atoms with van der Waals surface area (Å²) in [5.41, 5.74) is 2.07. The van der Waals surface area contributed by atoms with Crippen LogP contribution in [0.5, 0.6) is 11.5 Å². The number of alkyl halides is 3. The van der Waals surface area contributed by atoms with E-state index in [1.807, 2.05) is 38.1 Å². The number of anilines is 1. The number of amides is 1. The molecule has 1 saturated heterocycles. The van der Waals surface area contributed by atoms with Crippen molar-refractivity contribution in [3.8, 4) is 11.5 Å². The van der Waals surface area contributed by atoms with Gasteiger partial charge in [-0.1, -0.05) is 65.9 Å². The molecule has 0 bridgehead atoms. The zero-order chi connectivity index (χ0) is 25.9. The molecule has 186 valence electrons. The van der Waals surface area contributed by atoms with Gasteiger partial charge >= 0.3 is 6.18 Å². The van der Waals surface area contributed by atoms with E-state index in [0.717, 1.165) is 39.9 Å². The van der Waals surface area contributed by atoms with E-state index in [2.05, 4.69) is 0 Å². The number of thioether (sulfide) groups is 1. The second-order valence-electron chi connectivity index (χ2n) is 7.98. The number of ether oxygens (including phenoxy) is 2. The Labute approximate surface area is 216 Å². The Balaban J connectivity index is 1.56. The molecule has 0 N–H and O–H groups in total. The van der Waals surface area contributed by atoms with Crippen LogP contribution in [0.15, 0.2) is 71.6 Å². The van der Waals surface area contributed by atoms with Crippen molar-refractivity contribution in [2.75, 3.05) is 11.5 Å². The fraction of sp³-hybridized carbons (Fsp3) is 0.185. The Morgan fingerprint density at radius 1 is 1.00 bits per heavy atom. The summed E-state index contributed by atoms with van der Waals surface area (Å²) >= 11 is 6.34. The van der Waals surface area contributed by atoms with E-state index in [1.165, 1.54) is 12.1 Å². The molecule has 3 aromatic rings. The van der Waals surface area contributed by atoms with Gasteiger partial charge in [0, 0.05) is 0 Å². The average Bonchev–Trinajstić information content (AvgIpc) is 3.11. The van der Waals surface area contributed by atoms with E-state index >= 15 is 0 Å². The highest BCUT2D eigenvalue weighted by atomic mass is 32.2. The average molecular weight is 530 g/mol. The maximum Gasteiger partial charge on any atom is 0.416 e. The number of hydrogen-bond donors (Lipinski definition) is 0. The zero-order valence-electron chi connectivity index (χ0n) is 19.5. The van der Waals surface area contributed by atoms with Gasteiger partial charge in [-0.15, -0.1) is 0 Å². The Bertz CT molecular complexity index is 1340. The summed E-state index contributed by atoms with van der Waals surface area (Å²) in [4.78, 5) is 14.5. The van der Waals surface area contributed by atoms with Gasteiger partial charge in [0.2, 0.25) is 0 Å². The van der Waals surface area contributed by atoms with Crippen molar-refractivity contribution in [1.29, 1.82) is 0 Å². The largest absolute Gasteiger partial charge is 0.490 e. The second-order valence-corrected chi connectivity index (χ2v) is 9.66. The van der Waals surface area contributed by atoms with E-state index in [0.29, 0.717) is 35.2 Å². The summed E-state index contributed by atoms with van der Waals surface area (Å²) in [5, 5.41) is 0. The van der Waals surface area contributed by atoms with Crippen molar-refractivity contribution in [3.05, 3.63) is 93.9 Å². The molecule has 0 saturated carbocycles. The van der Waals surface area contributed by atoms with E-state index in [4.69, 9.17) is 21.7 Å². The quantitative estimate of drug-likeness (QED) is 0.236. The predicted molar refractivity (Wildman–Crippen MR) is 140 cm³/mol. The van der Waals surface area contributed by atoms with Gasteiger partial charge in [-0.05, 0) is 61.4 Å². The van der Waals surface area contributed by atoms with Crippen molar-refractivity contribution in [2.24, 2.45) is 0 Å². The lowest BCUT2D eigenvalue weighted by molar-refractivity contribution is -0.137. The molecule has 9 heteroatoms. The molecule has 0 spiro atoms. The molecule has 4 rings (SSSR count). The number of carbonyl (C=O) groups is 1. The Morgan fingerprint density at radius 3 is 2.50 bits per heavy atom. The maximum absolute atomic E-state index is 13.1. The number of nitrogens with zero attached hydrogens (tertiary/aromatic N) is 1. The van der Waals surface area contributed by atoms with E-state index < -0.39 is 17.6 Å². The third-order valence-electron chi connectivity index (χ3n) is 5.27. The summed E-state index contributed by atoms with van der Waals surface area (Å²) < 4.78 is 51.3. The van der Waals surface area contributed by atoms with Crippen molar-refractivity contribution in [1.82, 2.24) is 0 Å². The van der Waals surface area contributed by atoms with Gasteiger partial charge in [-0.25, -0.2) is 0 Å². The summed E-state index contributed by atoms with van der Waals surface area (Å²) in [6.45, 7) is 4.66. The number of benzene rings is 3. The predicted octanol–water partition coefficient (Wildman–Crippen LogP) is 7.40. The van der Waals surface area contributed by atoms with Gasteiger partial charge in [0.1, 0.15) is 6.61 Å². The molecule has 0 radical (unpaired) electrons. The Morgan fingerprint density at radius 2 is 1.78 bits per heavy atom. The van der Waals surface area contributed by atoms with Gasteiger partial charge in [0.05, 0.1) is 22.8 Å². The lowest BCUT2D eigenvalue weighted by atomic mass is 10.1. The first-order valence-electron chi connectivity index (χ1n) is 11.1. The lowest BCUT2D eigenvalue weighted by Crippen LogP contribution is -2.27. The minimum absolute atomic E-state index is 0.0747. The molecular weight excluding hydrogens is 507 g/mol. The van der Waals surface area contributed by atoms with Gasteiger partial charge < -0.3 is 9.47 Å². The smallest absolute Gasteiger partial charge is 0.416 e. The first-order chi connectivity index (χ1) is 17.2. The molecule has 3 aromatic carbocycles. The van der Waals surface area contributed by atoms with Crippen LogP contribution in [-0.2, 0) is 17.6 Å².